The fourth-order valence-corrected chi connectivity index (χ4v) is 1.86. The van der Waals surface area contributed by atoms with Gasteiger partial charge < -0.3 is 14.6 Å². The van der Waals surface area contributed by atoms with Crippen molar-refractivity contribution in [2.75, 3.05) is 13.2 Å². The molecule has 0 aromatic heterocycles. The molecule has 1 fully saturated rings. The fraction of sp³-hybridized carbons (Fsp3) is 0.727. The average Bonchev–Trinajstić information content (AvgIpc) is 2.57. The van der Waals surface area contributed by atoms with Gasteiger partial charge in [-0.2, -0.15) is 0 Å². The van der Waals surface area contributed by atoms with Crippen molar-refractivity contribution in [2.45, 2.75) is 32.8 Å². The van der Waals surface area contributed by atoms with Gasteiger partial charge >= 0.3 is 11.9 Å². The molecule has 0 aliphatic heterocycles. The Hall–Kier alpha value is -1.43. The van der Waals surface area contributed by atoms with Crippen molar-refractivity contribution in [3.63, 3.8) is 0 Å². The number of esters is 2. The summed E-state index contributed by atoms with van der Waals surface area (Å²) in [5.41, 5.74) is -1.66. The number of hydrogen-bond donors (Lipinski definition) is 1. The first-order valence-electron chi connectivity index (χ1n) is 5.53. The lowest BCUT2D eigenvalue weighted by atomic mass is 9.86. The Balaban J connectivity index is 2.98. The maximum Gasteiger partial charge on any atom is 0.324 e. The number of ether oxygens (including phenoxy) is 2. The van der Waals surface area contributed by atoms with Gasteiger partial charge in [-0.15, -0.1) is 0 Å². The summed E-state index contributed by atoms with van der Waals surface area (Å²) in [5, 5.41) is 9.40. The van der Waals surface area contributed by atoms with Crippen molar-refractivity contribution in [3.05, 3.63) is 0 Å². The first-order valence-corrected chi connectivity index (χ1v) is 5.53. The van der Waals surface area contributed by atoms with Gasteiger partial charge in [-0.1, -0.05) is 0 Å². The zero-order valence-corrected chi connectivity index (χ0v) is 9.89. The highest BCUT2D eigenvalue weighted by Crippen LogP contribution is 2.38. The fourth-order valence-electron chi connectivity index (χ4n) is 1.86. The van der Waals surface area contributed by atoms with Crippen molar-refractivity contribution in [1.29, 1.82) is 0 Å². The van der Waals surface area contributed by atoms with Crippen LogP contribution in [0, 0.1) is 5.41 Å². The van der Waals surface area contributed by atoms with Gasteiger partial charge in [0.1, 0.15) is 6.10 Å². The van der Waals surface area contributed by atoms with Crippen LogP contribution in [-0.2, 0) is 23.9 Å². The second kappa shape index (κ2) is 5.27. The molecule has 1 aliphatic carbocycles. The predicted molar refractivity (Wildman–Crippen MR) is 55.9 cm³/mol. The van der Waals surface area contributed by atoms with Crippen molar-refractivity contribution in [2.24, 2.45) is 5.41 Å². The van der Waals surface area contributed by atoms with E-state index in [4.69, 9.17) is 9.47 Å². The first-order chi connectivity index (χ1) is 7.97. The molecule has 1 aliphatic rings. The Morgan fingerprint density at radius 3 is 2.06 bits per heavy atom. The molecule has 17 heavy (non-hydrogen) atoms. The van der Waals surface area contributed by atoms with Crippen molar-refractivity contribution >= 4 is 17.7 Å². The van der Waals surface area contributed by atoms with Crippen LogP contribution in [0.4, 0.5) is 0 Å². The van der Waals surface area contributed by atoms with Crippen molar-refractivity contribution in [1.82, 2.24) is 0 Å². The van der Waals surface area contributed by atoms with E-state index in [2.05, 4.69) is 0 Å². The molecule has 1 atom stereocenters. The van der Waals surface area contributed by atoms with E-state index in [1.165, 1.54) is 0 Å². The molecule has 0 radical (unpaired) electrons. The van der Waals surface area contributed by atoms with Gasteiger partial charge in [0.15, 0.2) is 11.2 Å². The summed E-state index contributed by atoms with van der Waals surface area (Å²) >= 11 is 0. The van der Waals surface area contributed by atoms with E-state index in [1.54, 1.807) is 13.8 Å². The van der Waals surface area contributed by atoms with Crippen LogP contribution in [0.2, 0.25) is 0 Å². The summed E-state index contributed by atoms with van der Waals surface area (Å²) in [6.45, 7) is 3.41. The summed E-state index contributed by atoms with van der Waals surface area (Å²) in [4.78, 5) is 34.9. The molecule has 1 unspecified atom stereocenters. The van der Waals surface area contributed by atoms with E-state index in [-0.39, 0.29) is 26.1 Å². The Morgan fingerprint density at radius 1 is 1.29 bits per heavy atom. The number of Topliss-reactive ketones (excluding diaryl/α,β-unsaturated/α-hetero) is 1. The average molecular weight is 244 g/mol. The molecule has 96 valence electrons. The summed E-state index contributed by atoms with van der Waals surface area (Å²) in [6.07, 6.45) is -1.92. The van der Waals surface area contributed by atoms with Gasteiger partial charge in [0.2, 0.25) is 0 Å². The highest BCUT2D eigenvalue weighted by atomic mass is 16.6. The van der Waals surface area contributed by atoms with Gasteiger partial charge in [0.25, 0.3) is 0 Å². The molecule has 0 aromatic carbocycles. The highest BCUT2D eigenvalue weighted by Gasteiger charge is 2.57. The number of carbonyl (C=O) groups excluding carboxylic acids is 3. The molecular weight excluding hydrogens is 228 g/mol. The number of rotatable bonds is 4. The van der Waals surface area contributed by atoms with Crippen LogP contribution in [0.3, 0.4) is 0 Å². The van der Waals surface area contributed by atoms with Crippen molar-refractivity contribution < 1.29 is 29.0 Å². The molecule has 6 nitrogen and oxygen atoms in total. The third kappa shape index (κ3) is 2.46. The van der Waals surface area contributed by atoms with E-state index in [1.807, 2.05) is 0 Å². The second-order valence-corrected chi connectivity index (χ2v) is 3.89. The smallest absolute Gasteiger partial charge is 0.324 e. The van der Waals surface area contributed by atoms with E-state index in [0.717, 1.165) is 0 Å². The highest BCUT2D eigenvalue weighted by molar-refractivity contribution is 6.07. The molecule has 1 rings (SSSR count). The normalized spacial score (nSPS) is 22.3. The quantitative estimate of drug-likeness (QED) is 0.545. The minimum Gasteiger partial charge on any atom is -0.465 e. The number of carbonyl (C=O) groups is 3. The lowest BCUT2D eigenvalue weighted by molar-refractivity contribution is -0.172. The topological polar surface area (TPSA) is 89.9 Å². The number of ketones is 1. The van der Waals surface area contributed by atoms with Gasteiger partial charge in [-0.3, -0.25) is 14.4 Å². The van der Waals surface area contributed by atoms with Crippen LogP contribution < -0.4 is 0 Å². The Labute approximate surface area is 98.9 Å². The van der Waals surface area contributed by atoms with Crippen LogP contribution in [0.25, 0.3) is 0 Å². The first kappa shape index (κ1) is 13.6. The van der Waals surface area contributed by atoms with Crippen LogP contribution in [0.1, 0.15) is 26.7 Å². The number of aliphatic hydroxyl groups is 1. The molecule has 1 saturated carbocycles. The van der Waals surface area contributed by atoms with Crippen LogP contribution in [0.5, 0.6) is 0 Å². The molecule has 0 aromatic rings. The predicted octanol–water partition coefficient (Wildman–Crippen LogP) is -0.177. The zero-order valence-electron chi connectivity index (χ0n) is 9.89. The summed E-state index contributed by atoms with van der Waals surface area (Å²) in [5.74, 6) is -2.14. The Morgan fingerprint density at radius 2 is 1.76 bits per heavy atom. The van der Waals surface area contributed by atoms with E-state index in [0.29, 0.717) is 0 Å². The Kier molecular flexibility index (Phi) is 4.22. The largest absolute Gasteiger partial charge is 0.465 e. The SMILES string of the molecule is CCOC(=O)C1(C(=O)OCC)CC(=O)C(O)C1. The van der Waals surface area contributed by atoms with Gasteiger partial charge in [0.05, 0.1) is 13.2 Å². The van der Waals surface area contributed by atoms with E-state index < -0.39 is 29.2 Å². The molecule has 0 heterocycles. The van der Waals surface area contributed by atoms with E-state index >= 15 is 0 Å². The molecule has 0 amide bonds. The lowest BCUT2D eigenvalue weighted by Crippen LogP contribution is -2.40. The molecule has 0 spiro atoms. The minimum absolute atomic E-state index is 0.101. The molecule has 0 saturated heterocycles. The van der Waals surface area contributed by atoms with Gasteiger partial charge in [0, 0.05) is 12.8 Å². The zero-order chi connectivity index (χ0) is 13.1. The molecule has 1 N–H and O–H groups in total. The maximum absolute atomic E-state index is 11.8. The number of aliphatic hydroxyl groups excluding tert-OH is 1. The van der Waals surface area contributed by atoms with Crippen LogP contribution >= 0.6 is 0 Å². The Bertz CT molecular complexity index is 317. The molecule has 0 bridgehead atoms. The monoisotopic (exact) mass is 244 g/mol. The van der Waals surface area contributed by atoms with Gasteiger partial charge in [-0.25, -0.2) is 0 Å². The maximum atomic E-state index is 11.8. The standard InChI is InChI=1S/C11H16O6/c1-3-16-9(14)11(10(15)17-4-2)5-7(12)8(13)6-11/h7,12H,3-6H2,1-2H3. The summed E-state index contributed by atoms with van der Waals surface area (Å²) in [6, 6.07) is 0. The number of hydrogen-bond acceptors (Lipinski definition) is 6. The summed E-state index contributed by atoms with van der Waals surface area (Å²) < 4.78 is 9.58. The van der Waals surface area contributed by atoms with Gasteiger partial charge in [-0.05, 0) is 13.8 Å². The van der Waals surface area contributed by atoms with Crippen LogP contribution in [-0.4, -0.2) is 42.1 Å². The molecule has 6 heteroatoms. The van der Waals surface area contributed by atoms with Crippen molar-refractivity contribution in [3.8, 4) is 0 Å². The minimum atomic E-state index is -1.66. The second-order valence-electron chi connectivity index (χ2n) is 3.89. The summed E-state index contributed by atoms with van der Waals surface area (Å²) in [7, 11) is 0. The van der Waals surface area contributed by atoms with E-state index in [9.17, 15) is 19.5 Å². The van der Waals surface area contributed by atoms with Crippen LogP contribution in [0.15, 0.2) is 0 Å². The third-order valence-corrected chi connectivity index (χ3v) is 2.72. The molecular formula is C11H16O6. The third-order valence-electron chi connectivity index (χ3n) is 2.72. The lowest BCUT2D eigenvalue weighted by Gasteiger charge is -2.23.